The number of nitrogens with one attached hydrogen (secondary N) is 2. The highest BCUT2D eigenvalue weighted by Crippen LogP contribution is 2.42. The monoisotopic (exact) mass is 519 g/mol. The molecule has 2 aromatic carbocycles. The number of amides is 2. The Morgan fingerprint density at radius 2 is 1.87 bits per heavy atom. The fourth-order valence-electron chi connectivity index (χ4n) is 4.78. The van der Waals surface area contributed by atoms with Crippen LogP contribution in [0.5, 0.6) is 0 Å². The van der Waals surface area contributed by atoms with Crippen LogP contribution in [0, 0.1) is 11.6 Å². The van der Waals surface area contributed by atoms with Crippen LogP contribution in [0.3, 0.4) is 0 Å². The van der Waals surface area contributed by atoms with Crippen molar-refractivity contribution in [3.8, 4) is 11.1 Å². The number of anilines is 3. The topological polar surface area (TPSA) is 110 Å². The second-order valence-electron chi connectivity index (χ2n) is 9.61. The third-order valence-corrected chi connectivity index (χ3v) is 6.92. The zero-order chi connectivity index (χ0) is 26.2. The lowest BCUT2D eigenvalue weighted by molar-refractivity contribution is 0.0337. The predicted molar refractivity (Wildman–Crippen MR) is 141 cm³/mol. The van der Waals surface area contributed by atoms with Crippen molar-refractivity contribution >= 4 is 34.3 Å². The third-order valence-electron chi connectivity index (χ3n) is 6.92. The van der Waals surface area contributed by atoms with Crippen LogP contribution in [0.25, 0.3) is 22.2 Å². The highest BCUT2D eigenvalue weighted by Gasteiger charge is 2.28. The number of halogens is 2. The molecule has 38 heavy (non-hydrogen) atoms. The van der Waals surface area contributed by atoms with Crippen molar-refractivity contribution in [2.45, 2.75) is 25.4 Å². The molecule has 4 aromatic rings. The van der Waals surface area contributed by atoms with Crippen molar-refractivity contribution in [2.24, 2.45) is 0 Å². The van der Waals surface area contributed by atoms with Crippen molar-refractivity contribution < 1.29 is 18.3 Å². The molecule has 3 heterocycles. The second-order valence-corrected chi connectivity index (χ2v) is 9.61. The number of hydrogen-bond acceptors (Lipinski definition) is 6. The molecule has 0 radical (unpaired) electrons. The molecule has 6 rings (SSSR count). The number of urea groups is 1. The molecule has 0 spiro atoms. The predicted octanol–water partition coefficient (Wildman–Crippen LogP) is 4.77. The number of benzene rings is 2. The number of nitrogens with zero attached hydrogens (tertiary/aromatic N) is 4. The molecule has 1 saturated carbocycles. The van der Waals surface area contributed by atoms with Gasteiger partial charge in [-0.2, -0.15) is 0 Å². The van der Waals surface area contributed by atoms with E-state index in [1.54, 1.807) is 18.2 Å². The molecule has 1 aliphatic carbocycles. The van der Waals surface area contributed by atoms with Gasteiger partial charge in [-0.3, -0.25) is 4.90 Å². The van der Waals surface area contributed by atoms with E-state index in [9.17, 15) is 9.18 Å². The number of ether oxygens (including phenoxy) is 1. The highest BCUT2D eigenvalue weighted by atomic mass is 19.1. The van der Waals surface area contributed by atoms with Crippen LogP contribution < -0.4 is 16.4 Å². The average Bonchev–Trinajstić information content (AvgIpc) is 3.67. The van der Waals surface area contributed by atoms with E-state index in [-0.39, 0.29) is 11.4 Å². The number of rotatable bonds is 6. The maximum absolute atomic E-state index is 15.1. The van der Waals surface area contributed by atoms with Gasteiger partial charge in [-0.15, -0.1) is 0 Å². The van der Waals surface area contributed by atoms with E-state index in [1.807, 2.05) is 6.20 Å². The van der Waals surface area contributed by atoms with Crippen molar-refractivity contribution in [1.29, 1.82) is 0 Å². The Morgan fingerprint density at radius 1 is 1.05 bits per heavy atom. The Morgan fingerprint density at radius 3 is 2.61 bits per heavy atom. The minimum atomic E-state index is -0.681. The van der Waals surface area contributed by atoms with Gasteiger partial charge in [-0.05, 0) is 42.7 Å². The molecule has 196 valence electrons. The first-order valence-corrected chi connectivity index (χ1v) is 12.5. The number of carbonyl (C=O) groups is 1. The van der Waals surface area contributed by atoms with Gasteiger partial charge in [0.1, 0.15) is 29.4 Å². The number of nitrogens with two attached hydrogens (primary N) is 1. The minimum Gasteiger partial charge on any atom is -0.383 e. The summed E-state index contributed by atoms with van der Waals surface area (Å²) in [5.41, 5.74) is 8.99. The maximum atomic E-state index is 15.1. The minimum absolute atomic E-state index is 0.00851. The lowest BCUT2D eigenvalue weighted by Crippen LogP contribution is -2.35. The number of fused-ring (bicyclic) bond motifs is 1. The summed E-state index contributed by atoms with van der Waals surface area (Å²) in [6.07, 6.45) is 5.47. The molecule has 9 nitrogen and oxygen atoms in total. The normalized spacial score (nSPS) is 16.1. The fraction of sp³-hybridized carbons (Fsp3) is 0.296. The van der Waals surface area contributed by atoms with Gasteiger partial charge in [0.25, 0.3) is 0 Å². The zero-order valence-electron chi connectivity index (χ0n) is 20.6. The van der Waals surface area contributed by atoms with E-state index in [0.717, 1.165) is 37.1 Å². The number of carbonyl (C=O) groups excluding carboxylic acids is 1. The molecule has 4 N–H and O–H groups in total. The van der Waals surface area contributed by atoms with Gasteiger partial charge >= 0.3 is 6.03 Å². The molecule has 1 saturated heterocycles. The Bertz CT molecular complexity index is 1510. The lowest BCUT2D eigenvalue weighted by atomic mass is 10.1. The Kier molecular flexibility index (Phi) is 6.38. The fourth-order valence-corrected chi connectivity index (χ4v) is 4.78. The molecule has 11 heteroatoms. The Balaban J connectivity index is 1.16. The van der Waals surface area contributed by atoms with Gasteiger partial charge in [0.15, 0.2) is 0 Å². The van der Waals surface area contributed by atoms with E-state index in [2.05, 4.69) is 30.1 Å². The van der Waals surface area contributed by atoms with Crippen molar-refractivity contribution in [3.63, 3.8) is 0 Å². The van der Waals surface area contributed by atoms with Crippen LogP contribution in [0.15, 0.2) is 48.9 Å². The molecular weight excluding hydrogens is 492 g/mol. The maximum Gasteiger partial charge on any atom is 0.323 e. The number of morpholine rings is 1. The van der Waals surface area contributed by atoms with Gasteiger partial charge < -0.3 is 25.7 Å². The molecule has 0 unspecified atom stereocenters. The molecule has 2 aromatic heterocycles. The van der Waals surface area contributed by atoms with Crippen LogP contribution in [-0.4, -0.2) is 51.8 Å². The summed E-state index contributed by atoms with van der Waals surface area (Å²) in [5.74, 6) is -0.708. The van der Waals surface area contributed by atoms with Gasteiger partial charge in [-0.25, -0.2) is 23.5 Å². The average molecular weight is 520 g/mol. The van der Waals surface area contributed by atoms with Crippen LogP contribution in [0.2, 0.25) is 0 Å². The van der Waals surface area contributed by atoms with Crippen molar-refractivity contribution in [1.82, 2.24) is 19.4 Å². The van der Waals surface area contributed by atoms with Crippen LogP contribution in [0.4, 0.5) is 30.8 Å². The molecule has 2 amide bonds. The van der Waals surface area contributed by atoms with E-state index >= 15 is 4.39 Å². The third kappa shape index (κ3) is 4.90. The Labute approximate surface area is 217 Å². The summed E-state index contributed by atoms with van der Waals surface area (Å²) in [6.45, 7) is 3.22. The van der Waals surface area contributed by atoms with Gasteiger partial charge in [-0.1, -0.05) is 12.1 Å². The van der Waals surface area contributed by atoms with Crippen molar-refractivity contribution in [3.05, 3.63) is 66.1 Å². The Hall–Kier alpha value is -4.09. The summed E-state index contributed by atoms with van der Waals surface area (Å²) < 4.78 is 37.1. The van der Waals surface area contributed by atoms with E-state index in [0.29, 0.717) is 48.1 Å². The smallest absolute Gasteiger partial charge is 0.323 e. The largest absolute Gasteiger partial charge is 0.383 e. The molecule has 2 aliphatic rings. The van der Waals surface area contributed by atoms with E-state index in [4.69, 9.17) is 10.5 Å². The summed E-state index contributed by atoms with van der Waals surface area (Å²) in [4.78, 5) is 23.1. The van der Waals surface area contributed by atoms with Crippen LogP contribution in [-0.2, 0) is 11.3 Å². The van der Waals surface area contributed by atoms with Crippen LogP contribution in [0.1, 0.15) is 24.4 Å². The van der Waals surface area contributed by atoms with Crippen molar-refractivity contribution in [2.75, 3.05) is 42.7 Å². The van der Waals surface area contributed by atoms with E-state index in [1.165, 1.54) is 24.5 Å². The molecule has 0 bridgehead atoms. The zero-order valence-corrected chi connectivity index (χ0v) is 20.6. The molecule has 1 aliphatic heterocycles. The first-order valence-electron chi connectivity index (χ1n) is 12.5. The lowest BCUT2D eigenvalue weighted by Gasteiger charge is -2.26. The first-order chi connectivity index (χ1) is 18.5. The summed E-state index contributed by atoms with van der Waals surface area (Å²) in [6, 6.07) is 8.73. The standard InChI is InChI=1S/C27H27F2N7O2/c28-21-12-18(3-1-17(21)13-35-7-9-38-10-8-35)33-27(37)34-23-6-2-16(11-22(23)29)20-14-36(19-4-5-19)26-24(20)25(30)31-15-32-26/h1-3,6,11-12,14-15,19H,4-5,7-10,13H2,(H2,30,31,32)(H2,33,34,37). The number of aromatic nitrogens is 3. The number of hydrogen-bond donors (Lipinski definition) is 3. The molecule has 0 atom stereocenters. The second kappa shape index (κ2) is 9.99. The van der Waals surface area contributed by atoms with Gasteiger partial charge in [0, 0.05) is 48.7 Å². The summed E-state index contributed by atoms with van der Waals surface area (Å²) >= 11 is 0. The van der Waals surface area contributed by atoms with E-state index < -0.39 is 17.7 Å². The first kappa shape index (κ1) is 24.3. The molecular formula is C27H27F2N7O2. The van der Waals surface area contributed by atoms with Crippen LogP contribution >= 0.6 is 0 Å². The van der Waals surface area contributed by atoms with Gasteiger partial charge in [0.2, 0.25) is 0 Å². The summed E-state index contributed by atoms with van der Waals surface area (Å²) in [7, 11) is 0. The highest BCUT2D eigenvalue weighted by molar-refractivity contribution is 6.02. The van der Waals surface area contributed by atoms with Gasteiger partial charge in [0.05, 0.1) is 24.3 Å². The molecule has 2 fully saturated rings. The summed E-state index contributed by atoms with van der Waals surface area (Å²) in [5, 5.41) is 5.74. The number of nitrogen functional groups attached to an aromatic ring is 1. The SMILES string of the molecule is Nc1ncnc2c1c(-c1ccc(NC(=O)Nc3ccc(CN4CCOCC4)c(F)c3)c(F)c1)cn2C1CC1. The quantitative estimate of drug-likeness (QED) is 0.339.